The van der Waals surface area contributed by atoms with Crippen LogP contribution in [0.2, 0.25) is 0 Å². The molecule has 3 N–H and O–H groups in total. The van der Waals surface area contributed by atoms with Crippen molar-refractivity contribution in [3.05, 3.63) is 35.4 Å². The van der Waals surface area contributed by atoms with E-state index < -0.39 is 0 Å². The fourth-order valence-corrected chi connectivity index (χ4v) is 3.11. The number of carbonyl (C=O) groups is 2. The van der Waals surface area contributed by atoms with Gasteiger partial charge in [0, 0.05) is 24.6 Å². The quantitative estimate of drug-likeness (QED) is 0.716. The first-order valence-corrected chi connectivity index (χ1v) is 9.08. The number of amides is 2. The number of hydrogen-bond donors (Lipinski definition) is 3. The average molecular weight is 329 g/mol. The fourth-order valence-electron chi connectivity index (χ4n) is 3.11. The molecule has 0 spiro atoms. The van der Waals surface area contributed by atoms with Crippen LogP contribution in [-0.2, 0) is 11.3 Å². The van der Waals surface area contributed by atoms with Gasteiger partial charge < -0.3 is 16.0 Å². The fraction of sp³-hybridized carbons (Fsp3) is 0.579. The second kappa shape index (κ2) is 8.29. The van der Waals surface area contributed by atoms with E-state index in [0.717, 1.165) is 37.9 Å². The van der Waals surface area contributed by atoms with Crippen molar-refractivity contribution < 1.29 is 9.59 Å². The Morgan fingerprint density at radius 2 is 1.92 bits per heavy atom. The Morgan fingerprint density at radius 3 is 2.67 bits per heavy atom. The van der Waals surface area contributed by atoms with E-state index in [2.05, 4.69) is 16.0 Å². The van der Waals surface area contributed by atoms with Gasteiger partial charge in [-0.2, -0.15) is 0 Å². The van der Waals surface area contributed by atoms with Gasteiger partial charge in [0.15, 0.2) is 0 Å². The summed E-state index contributed by atoms with van der Waals surface area (Å²) in [6, 6.07) is 7.86. The van der Waals surface area contributed by atoms with E-state index in [1.807, 2.05) is 24.3 Å². The maximum Gasteiger partial charge on any atom is 0.251 e. The van der Waals surface area contributed by atoms with Gasteiger partial charge >= 0.3 is 0 Å². The SMILES string of the molecule is O=C(CCC1CCNCC1)NCc1cccc(C(=O)NC2CC2)c1. The Labute approximate surface area is 143 Å². The number of hydrogen-bond acceptors (Lipinski definition) is 3. The maximum atomic E-state index is 12.1. The third kappa shape index (κ3) is 5.34. The van der Waals surface area contributed by atoms with Gasteiger partial charge in [-0.25, -0.2) is 0 Å². The van der Waals surface area contributed by atoms with Crippen LogP contribution in [0.5, 0.6) is 0 Å². The van der Waals surface area contributed by atoms with E-state index in [9.17, 15) is 9.59 Å². The van der Waals surface area contributed by atoms with Crippen LogP contribution in [0.15, 0.2) is 24.3 Å². The Bertz CT molecular complexity index is 578. The van der Waals surface area contributed by atoms with Gasteiger partial charge in [-0.3, -0.25) is 9.59 Å². The van der Waals surface area contributed by atoms with Gasteiger partial charge in [-0.05, 0) is 68.8 Å². The first kappa shape index (κ1) is 17.0. The zero-order chi connectivity index (χ0) is 16.8. The molecular weight excluding hydrogens is 302 g/mol. The standard InChI is InChI=1S/C19H27N3O2/c23-18(7-4-14-8-10-20-11-9-14)21-13-15-2-1-3-16(12-15)19(24)22-17-5-6-17/h1-3,12,14,17,20H,4-11,13H2,(H,21,23)(H,22,24). The highest BCUT2D eigenvalue weighted by atomic mass is 16.2. The summed E-state index contributed by atoms with van der Waals surface area (Å²) in [7, 11) is 0. The summed E-state index contributed by atoms with van der Waals surface area (Å²) in [6.45, 7) is 2.62. The first-order chi connectivity index (χ1) is 11.7. The summed E-state index contributed by atoms with van der Waals surface area (Å²) in [5.41, 5.74) is 1.64. The Morgan fingerprint density at radius 1 is 1.12 bits per heavy atom. The number of nitrogens with one attached hydrogen (secondary N) is 3. The van der Waals surface area contributed by atoms with Gasteiger partial charge in [-0.15, -0.1) is 0 Å². The topological polar surface area (TPSA) is 70.2 Å². The molecule has 1 aliphatic heterocycles. The predicted octanol–water partition coefficient (Wildman–Crippen LogP) is 1.97. The highest BCUT2D eigenvalue weighted by Crippen LogP contribution is 2.19. The van der Waals surface area contributed by atoms with Crippen LogP contribution in [0.3, 0.4) is 0 Å². The van der Waals surface area contributed by atoms with Crippen LogP contribution in [0.4, 0.5) is 0 Å². The molecule has 24 heavy (non-hydrogen) atoms. The summed E-state index contributed by atoms with van der Waals surface area (Å²) in [4.78, 5) is 24.1. The van der Waals surface area contributed by atoms with Crippen LogP contribution in [0, 0.1) is 5.92 Å². The summed E-state index contributed by atoms with van der Waals surface area (Å²) in [6.07, 6.45) is 6.07. The molecule has 2 aliphatic rings. The molecule has 130 valence electrons. The molecular formula is C19H27N3O2. The highest BCUT2D eigenvalue weighted by molar-refractivity contribution is 5.94. The lowest BCUT2D eigenvalue weighted by Crippen LogP contribution is -2.29. The van der Waals surface area contributed by atoms with E-state index in [1.165, 1.54) is 12.8 Å². The zero-order valence-corrected chi connectivity index (χ0v) is 14.1. The molecule has 0 unspecified atom stereocenters. The second-order valence-corrected chi connectivity index (χ2v) is 6.96. The molecule has 1 saturated heterocycles. The molecule has 1 heterocycles. The van der Waals surface area contributed by atoms with Crippen molar-refractivity contribution in [3.8, 4) is 0 Å². The third-order valence-electron chi connectivity index (χ3n) is 4.83. The van der Waals surface area contributed by atoms with E-state index in [4.69, 9.17) is 0 Å². The molecule has 1 aromatic carbocycles. The molecule has 0 bridgehead atoms. The Balaban J connectivity index is 1.41. The zero-order valence-electron chi connectivity index (χ0n) is 14.1. The van der Waals surface area contributed by atoms with Crippen molar-refractivity contribution in [2.45, 2.75) is 51.1 Å². The summed E-state index contributed by atoms with van der Waals surface area (Å²) >= 11 is 0. The second-order valence-electron chi connectivity index (χ2n) is 6.96. The molecule has 5 heteroatoms. The minimum Gasteiger partial charge on any atom is -0.352 e. The number of benzene rings is 1. The molecule has 0 radical (unpaired) electrons. The van der Waals surface area contributed by atoms with Crippen molar-refractivity contribution in [3.63, 3.8) is 0 Å². The molecule has 2 amide bonds. The van der Waals surface area contributed by atoms with Gasteiger partial charge in [0.2, 0.25) is 5.91 Å². The monoisotopic (exact) mass is 329 g/mol. The molecule has 1 aromatic rings. The van der Waals surface area contributed by atoms with Gasteiger partial charge in [-0.1, -0.05) is 12.1 Å². The minimum atomic E-state index is -0.0171. The maximum absolute atomic E-state index is 12.1. The smallest absolute Gasteiger partial charge is 0.251 e. The predicted molar refractivity (Wildman–Crippen MR) is 93.6 cm³/mol. The van der Waals surface area contributed by atoms with Crippen LogP contribution in [0.25, 0.3) is 0 Å². The number of rotatable bonds is 7. The first-order valence-electron chi connectivity index (χ1n) is 9.08. The van der Waals surface area contributed by atoms with Crippen molar-refractivity contribution in [2.75, 3.05) is 13.1 Å². The lowest BCUT2D eigenvalue weighted by molar-refractivity contribution is -0.121. The Hall–Kier alpha value is -1.88. The van der Waals surface area contributed by atoms with Gasteiger partial charge in [0.1, 0.15) is 0 Å². The summed E-state index contributed by atoms with van der Waals surface area (Å²) < 4.78 is 0. The average Bonchev–Trinajstić information content (AvgIpc) is 3.43. The Kier molecular flexibility index (Phi) is 5.86. The lowest BCUT2D eigenvalue weighted by atomic mass is 9.93. The third-order valence-corrected chi connectivity index (χ3v) is 4.83. The van der Waals surface area contributed by atoms with Crippen LogP contribution in [-0.4, -0.2) is 30.9 Å². The van der Waals surface area contributed by atoms with E-state index in [0.29, 0.717) is 30.5 Å². The van der Waals surface area contributed by atoms with Gasteiger partial charge in [0.25, 0.3) is 5.91 Å². The molecule has 2 fully saturated rings. The molecule has 3 rings (SSSR count). The van der Waals surface area contributed by atoms with E-state index >= 15 is 0 Å². The molecule has 0 aromatic heterocycles. The highest BCUT2D eigenvalue weighted by Gasteiger charge is 2.23. The van der Waals surface area contributed by atoms with Crippen LogP contribution < -0.4 is 16.0 Å². The number of carbonyl (C=O) groups excluding carboxylic acids is 2. The minimum absolute atomic E-state index is 0.0171. The molecule has 1 aliphatic carbocycles. The molecule has 5 nitrogen and oxygen atoms in total. The summed E-state index contributed by atoms with van der Waals surface area (Å²) in [5, 5.41) is 9.30. The van der Waals surface area contributed by atoms with E-state index in [-0.39, 0.29) is 11.8 Å². The molecule has 1 saturated carbocycles. The molecule has 0 atom stereocenters. The summed E-state index contributed by atoms with van der Waals surface area (Å²) in [5.74, 6) is 0.754. The van der Waals surface area contributed by atoms with Crippen LogP contribution >= 0.6 is 0 Å². The van der Waals surface area contributed by atoms with Crippen molar-refractivity contribution in [2.24, 2.45) is 5.92 Å². The van der Waals surface area contributed by atoms with Crippen molar-refractivity contribution >= 4 is 11.8 Å². The van der Waals surface area contributed by atoms with Gasteiger partial charge in [0.05, 0.1) is 0 Å². The largest absolute Gasteiger partial charge is 0.352 e. The van der Waals surface area contributed by atoms with E-state index in [1.54, 1.807) is 0 Å². The van der Waals surface area contributed by atoms with Crippen molar-refractivity contribution in [1.29, 1.82) is 0 Å². The lowest BCUT2D eigenvalue weighted by Gasteiger charge is -2.22. The number of piperidine rings is 1. The van der Waals surface area contributed by atoms with Crippen LogP contribution in [0.1, 0.15) is 54.4 Å². The normalized spacial score (nSPS) is 18.2. The van der Waals surface area contributed by atoms with Crippen molar-refractivity contribution in [1.82, 2.24) is 16.0 Å².